The first kappa shape index (κ1) is 33.7. The van der Waals surface area contributed by atoms with Crippen molar-refractivity contribution < 1.29 is 19.1 Å². The molecule has 36 heavy (non-hydrogen) atoms. The van der Waals surface area contributed by atoms with Crippen LogP contribution in [-0.4, -0.2) is 25.2 Å². The fraction of sp³-hybridized carbons (Fsp3) is 0.800. The van der Waals surface area contributed by atoms with E-state index in [1.54, 1.807) is 12.1 Å². The van der Waals surface area contributed by atoms with Gasteiger partial charge in [0.2, 0.25) is 0 Å². The fourth-order valence-corrected chi connectivity index (χ4v) is 4.06. The molecule has 0 spiro atoms. The van der Waals surface area contributed by atoms with Crippen LogP contribution in [0.2, 0.25) is 0 Å². The molecule has 6 heteroatoms. The Bertz CT molecular complexity index is 630. The largest absolute Gasteiger partial charge is 0.462 e. The highest BCUT2D eigenvalue weighted by molar-refractivity contribution is 6.05. The van der Waals surface area contributed by atoms with Crippen LogP contribution < -0.4 is 0 Å². The van der Waals surface area contributed by atoms with Crippen LogP contribution in [0.25, 0.3) is 0 Å². The van der Waals surface area contributed by atoms with Crippen LogP contribution in [0.3, 0.4) is 0 Å². The number of nitriles is 2. The van der Waals surface area contributed by atoms with E-state index < -0.39 is 23.1 Å². The molecule has 0 unspecified atom stereocenters. The number of hydrogen-bond donors (Lipinski definition) is 0. The van der Waals surface area contributed by atoms with Crippen LogP contribution >= 0.6 is 0 Å². The van der Waals surface area contributed by atoms with Gasteiger partial charge in [-0.1, -0.05) is 129 Å². The van der Waals surface area contributed by atoms with Gasteiger partial charge in [-0.25, -0.2) is 9.59 Å². The van der Waals surface area contributed by atoms with E-state index >= 15 is 0 Å². The highest BCUT2D eigenvalue weighted by atomic mass is 16.5. The zero-order valence-corrected chi connectivity index (χ0v) is 23.1. The van der Waals surface area contributed by atoms with E-state index in [9.17, 15) is 20.1 Å². The molecule has 6 nitrogen and oxygen atoms in total. The van der Waals surface area contributed by atoms with E-state index in [2.05, 4.69) is 13.8 Å². The number of hydrogen-bond acceptors (Lipinski definition) is 6. The summed E-state index contributed by atoms with van der Waals surface area (Å²) in [5, 5.41) is 18.6. The van der Waals surface area contributed by atoms with Crippen molar-refractivity contribution in [1.82, 2.24) is 0 Å². The van der Waals surface area contributed by atoms with E-state index in [0.717, 1.165) is 25.7 Å². The Morgan fingerprint density at radius 2 is 0.722 bits per heavy atom. The molecule has 0 heterocycles. The zero-order chi connectivity index (χ0) is 26.7. The Morgan fingerprint density at radius 1 is 0.472 bits per heavy atom. The first-order chi connectivity index (χ1) is 17.6. The van der Waals surface area contributed by atoms with Crippen LogP contribution in [0.1, 0.15) is 142 Å². The molecule has 204 valence electrons. The van der Waals surface area contributed by atoms with E-state index in [1.165, 1.54) is 89.9 Å². The van der Waals surface area contributed by atoms with Crippen molar-refractivity contribution in [2.45, 2.75) is 142 Å². The molecule has 0 saturated heterocycles. The average molecular weight is 503 g/mol. The highest BCUT2D eigenvalue weighted by Crippen LogP contribution is 2.13. The van der Waals surface area contributed by atoms with Gasteiger partial charge in [0.1, 0.15) is 12.1 Å². The minimum atomic E-state index is -0.930. The summed E-state index contributed by atoms with van der Waals surface area (Å²) in [5.41, 5.74) is -1.14. The molecule has 0 aromatic carbocycles. The molecule has 0 aliphatic heterocycles. The number of rotatable bonds is 24. The number of nitrogens with zero attached hydrogens (tertiary/aromatic N) is 2. The second kappa shape index (κ2) is 25.7. The predicted molar refractivity (Wildman–Crippen MR) is 144 cm³/mol. The molecular weight excluding hydrogens is 452 g/mol. The smallest absolute Gasteiger partial charge is 0.350 e. The van der Waals surface area contributed by atoms with Gasteiger partial charge in [-0.3, -0.25) is 0 Å². The minimum absolute atomic E-state index is 0.173. The summed E-state index contributed by atoms with van der Waals surface area (Å²) in [7, 11) is 0. The van der Waals surface area contributed by atoms with Crippen molar-refractivity contribution in [2.24, 2.45) is 0 Å². The van der Waals surface area contributed by atoms with Crippen LogP contribution in [0.5, 0.6) is 0 Å². The summed E-state index contributed by atoms with van der Waals surface area (Å²) in [6.07, 6.45) is 23.2. The Hall–Kier alpha value is -2.34. The van der Waals surface area contributed by atoms with Crippen molar-refractivity contribution in [3.63, 3.8) is 0 Å². The van der Waals surface area contributed by atoms with Crippen LogP contribution in [0.15, 0.2) is 11.1 Å². The zero-order valence-electron chi connectivity index (χ0n) is 23.1. The lowest BCUT2D eigenvalue weighted by molar-refractivity contribution is -0.141. The lowest BCUT2D eigenvalue weighted by atomic mass is 10.1. The molecule has 0 atom stereocenters. The monoisotopic (exact) mass is 502 g/mol. The Morgan fingerprint density at radius 3 is 0.972 bits per heavy atom. The second-order valence-electron chi connectivity index (χ2n) is 9.61. The molecule has 0 aromatic heterocycles. The number of carbonyl (C=O) groups is 2. The maximum Gasteiger partial charge on any atom is 0.350 e. The molecule has 0 saturated carbocycles. The third-order valence-electron chi connectivity index (χ3n) is 6.34. The van der Waals surface area contributed by atoms with E-state index in [1.807, 2.05) is 0 Å². The van der Waals surface area contributed by atoms with Gasteiger partial charge in [0.15, 0.2) is 11.1 Å². The molecule has 0 amide bonds. The van der Waals surface area contributed by atoms with E-state index in [0.29, 0.717) is 12.8 Å². The third-order valence-corrected chi connectivity index (χ3v) is 6.34. The van der Waals surface area contributed by atoms with Crippen molar-refractivity contribution in [3.8, 4) is 12.1 Å². The van der Waals surface area contributed by atoms with Gasteiger partial charge in [0, 0.05) is 0 Å². The average Bonchev–Trinajstić information content (AvgIpc) is 2.88. The molecule has 0 bridgehead atoms. The van der Waals surface area contributed by atoms with Crippen molar-refractivity contribution in [2.75, 3.05) is 13.2 Å². The third kappa shape index (κ3) is 18.9. The number of esters is 2. The van der Waals surface area contributed by atoms with E-state index in [-0.39, 0.29) is 13.2 Å². The van der Waals surface area contributed by atoms with Crippen molar-refractivity contribution >= 4 is 11.9 Å². The van der Waals surface area contributed by atoms with Gasteiger partial charge in [-0.05, 0) is 12.8 Å². The summed E-state index contributed by atoms with van der Waals surface area (Å²) in [6.45, 7) is 4.78. The lowest BCUT2D eigenvalue weighted by Crippen LogP contribution is -2.16. The van der Waals surface area contributed by atoms with Gasteiger partial charge in [-0.2, -0.15) is 10.5 Å². The molecule has 0 aliphatic rings. The summed E-state index contributed by atoms with van der Waals surface area (Å²) < 4.78 is 10.3. The number of unbranched alkanes of at least 4 members (excludes halogenated alkanes) is 18. The van der Waals surface area contributed by atoms with Gasteiger partial charge < -0.3 is 9.47 Å². The number of carbonyl (C=O) groups excluding carboxylic acids is 2. The van der Waals surface area contributed by atoms with Crippen LogP contribution in [0, 0.1) is 22.7 Å². The highest BCUT2D eigenvalue weighted by Gasteiger charge is 2.23. The predicted octanol–water partition coefficient (Wildman–Crippen LogP) is 8.26. The van der Waals surface area contributed by atoms with Gasteiger partial charge in [0.05, 0.1) is 13.2 Å². The Labute approximate surface area is 220 Å². The van der Waals surface area contributed by atoms with Crippen LogP contribution in [0.4, 0.5) is 0 Å². The quantitative estimate of drug-likeness (QED) is 0.0570. The molecular formula is C30H50N2O4. The summed E-state index contributed by atoms with van der Waals surface area (Å²) in [5.74, 6) is -1.86. The second-order valence-corrected chi connectivity index (χ2v) is 9.61. The minimum Gasteiger partial charge on any atom is -0.462 e. The molecule has 0 aromatic rings. The molecule has 0 radical (unpaired) electrons. The molecule has 0 fully saturated rings. The maximum atomic E-state index is 12.2. The van der Waals surface area contributed by atoms with Gasteiger partial charge >= 0.3 is 11.9 Å². The molecule has 0 rings (SSSR count). The van der Waals surface area contributed by atoms with E-state index in [4.69, 9.17) is 9.47 Å². The number of ether oxygens (including phenoxy) is 2. The van der Waals surface area contributed by atoms with Crippen molar-refractivity contribution in [3.05, 3.63) is 11.1 Å². The Balaban J connectivity index is 4.07. The summed E-state index contributed by atoms with van der Waals surface area (Å²) >= 11 is 0. The summed E-state index contributed by atoms with van der Waals surface area (Å²) in [6, 6.07) is 3.30. The van der Waals surface area contributed by atoms with Gasteiger partial charge in [0.25, 0.3) is 0 Å². The standard InChI is InChI=1S/C30H50N2O4/c1-3-5-7-9-11-13-15-17-19-21-23-35-29(33)27(25-31)28(26-32)30(34)36-24-22-20-18-16-14-12-10-8-6-4-2/h3-24H2,1-2H3/b28-27+. The summed E-state index contributed by atoms with van der Waals surface area (Å²) in [4.78, 5) is 24.5. The SMILES string of the molecule is CCCCCCCCCCCCOC(=O)/C(C#N)=C(\C#N)C(=O)OCCCCCCCCCCCC. The first-order valence-corrected chi connectivity index (χ1v) is 14.5. The first-order valence-electron chi connectivity index (χ1n) is 14.5. The lowest BCUT2D eigenvalue weighted by Gasteiger charge is -2.07. The molecule has 0 aliphatic carbocycles. The Kier molecular flexibility index (Phi) is 24.1. The fourth-order valence-electron chi connectivity index (χ4n) is 4.06. The maximum absolute atomic E-state index is 12.2. The normalized spacial score (nSPS) is 11.3. The van der Waals surface area contributed by atoms with Gasteiger partial charge in [-0.15, -0.1) is 0 Å². The van der Waals surface area contributed by atoms with Crippen molar-refractivity contribution in [1.29, 1.82) is 10.5 Å². The molecule has 0 N–H and O–H groups in total. The topological polar surface area (TPSA) is 100 Å². The van der Waals surface area contributed by atoms with Crippen LogP contribution in [-0.2, 0) is 19.1 Å².